The summed E-state index contributed by atoms with van der Waals surface area (Å²) in [5.41, 5.74) is 2.05. The Bertz CT molecular complexity index is 344. The smallest absolute Gasteiger partial charge is 0.306 e. The maximum atomic E-state index is 10.7. The van der Waals surface area contributed by atoms with Crippen LogP contribution in [0.4, 0.5) is 0 Å². The summed E-state index contributed by atoms with van der Waals surface area (Å²) < 4.78 is 1.89. The topological polar surface area (TPSA) is 55.1 Å². The molecule has 0 aliphatic rings. The van der Waals surface area contributed by atoms with Crippen LogP contribution >= 0.6 is 0 Å². The van der Waals surface area contributed by atoms with Crippen molar-refractivity contribution in [2.24, 2.45) is 5.92 Å². The predicted octanol–water partition coefficient (Wildman–Crippen LogP) is 1.73. The lowest BCUT2D eigenvalue weighted by Crippen LogP contribution is -2.15. The van der Waals surface area contributed by atoms with E-state index in [0.29, 0.717) is 6.42 Å². The predicted molar refractivity (Wildman–Crippen MR) is 57.8 cm³/mol. The van der Waals surface area contributed by atoms with Crippen molar-refractivity contribution in [1.82, 2.24) is 9.78 Å². The normalized spacial score (nSPS) is 12.7. The van der Waals surface area contributed by atoms with Gasteiger partial charge in [-0.25, -0.2) is 0 Å². The van der Waals surface area contributed by atoms with Crippen LogP contribution in [0, 0.1) is 5.92 Å². The number of aliphatic carboxylic acids is 1. The monoisotopic (exact) mass is 210 g/mol. The molecule has 0 spiro atoms. The largest absolute Gasteiger partial charge is 0.481 e. The Morgan fingerprint density at radius 1 is 1.60 bits per heavy atom. The van der Waals surface area contributed by atoms with Crippen LogP contribution in [0.1, 0.15) is 32.2 Å². The van der Waals surface area contributed by atoms with E-state index in [1.54, 1.807) is 6.92 Å². The fourth-order valence-corrected chi connectivity index (χ4v) is 1.53. The molecular formula is C11H18N2O2. The summed E-state index contributed by atoms with van der Waals surface area (Å²) in [6.45, 7) is 6.58. The minimum atomic E-state index is -0.753. The molecule has 0 fully saturated rings. The molecular weight excluding hydrogens is 192 g/mol. The van der Waals surface area contributed by atoms with Crippen LogP contribution in [-0.4, -0.2) is 20.9 Å². The highest BCUT2D eigenvalue weighted by Gasteiger charge is 2.15. The molecule has 1 aromatic heterocycles. The quantitative estimate of drug-likeness (QED) is 0.805. The molecule has 1 aromatic rings. The highest BCUT2D eigenvalue weighted by atomic mass is 16.4. The van der Waals surface area contributed by atoms with E-state index in [2.05, 4.69) is 5.10 Å². The fourth-order valence-electron chi connectivity index (χ4n) is 1.53. The number of aryl methyl sites for hydroxylation is 2. The van der Waals surface area contributed by atoms with Crippen molar-refractivity contribution in [3.05, 3.63) is 17.5 Å². The van der Waals surface area contributed by atoms with Crippen LogP contribution in [0.5, 0.6) is 0 Å². The lowest BCUT2D eigenvalue weighted by Gasteiger charge is -2.07. The van der Waals surface area contributed by atoms with Crippen molar-refractivity contribution >= 4 is 5.97 Å². The summed E-state index contributed by atoms with van der Waals surface area (Å²) in [5, 5.41) is 13.2. The fraction of sp³-hybridized carbons (Fsp3) is 0.636. The molecule has 0 amide bonds. The Kier molecular flexibility index (Phi) is 3.88. The summed E-state index contributed by atoms with van der Waals surface area (Å²) in [4.78, 5) is 10.7. The summed E-state index contributed by atoms with van der Waals surface area (Å²) in [6.07, 6.45) is 1.44. The molecule has 0 radical (unpaired) electrons. The van der Waals surface area contributed by atoms with Crippen LogP contribution in [0.15, 0.2) is 6.07 Å². The molecule has 15 heavy (non-hydrogen) atoms. The summed E-state index contributed by atoms with van der Waals surface area (Å²) >= 11 is 0. The SMILES string of the molecule is CCc1cc(CC(C)C(=O)O)n(CC)n1. The van der Waals surface area contributed by atoms with Crippen molar-refractivity contribution in [2.75, 3.05) is 0 Å². The summed E-state index contributed by atoms with van der Waals surface area (Å²) in [5.74, 6) is -1.10. The molecule has 0 aliphatic heterocycles. The van der Waals surface area contributed by atoms with E-state index in [9.17, 15) is 4.79 Å². The zero-order chi connectivity index (χ0) is 11.4. The molecule has 1 unspecified atom stereocenters. The van der Waals surface area contributed by atoms with E-state index >= 15 is 0 Å². The molecule has 84 valence electrons. The van der Waals surface area contributed by atoms with Crippen LogP contribution in [-0.2, 0) is 24.2 Å². The van der Waals surface area contributed by atoms with Crippen LogP contribution in [0.2, 0.25) is 0 Å². The molecule has 1 rings (SSSR count). The average Bonchev–Trinajstić information content (AvgIpc) is 2.60. The van der Waals surface area contributed by atoms with Gasteiger partial charge in [-0.2, -0.15) is 5.10 Å². The Morgan fingerprint density at radius 3 is 2.73 bits per heavy atom. The lowest BCUT2D eigenvalue weighted by molar-refractivity contribution is -0.141. The van der Waals surface area contributed by atoms with Gasteiger partial charge in [-0.3, -0.25) is 9.48 Å². The number of hydrogen-bond acceptors (Lipinski definition) is 2. The zero-order valence-electron chi connectivity index (χ0n) is 9.53. The highest BCUT2D eigenvalue weighted by molar-refractivity contribution is 5.69. The van der Waals surface area contributed by atoms with Crippen molar-refractivity contribution in [2.45, 2.75) is 40.2 Å². The third kappa shape index (κ3) is 2.81. The van der Waals surface area contributed by atoms with Crippen LogP contribution < -0.4 is 0 Å². The minimum absolute atomic E-state index is 0.350. The van der Waals surface area contributed by atoms with Crippen molar-refractivity contribution < 1.29 is 9.90 Å². The van der Waals surface area contributed by atoms with Gasteiger partial charge in [0.1, 0.15) is 0 Å². The third-order valence-electron chi connectivity index (χ3n) is 2.51. The van der Waals surface area contributed by atoms with Crippen LogP contribution in [0.3, 0.4) is 0 Å². The first-order valence-electron chi connectivity index (χ1n) is 5.36. The van der Waals surface area contributed by atoms with Crippen molar-refractivity contribution in [3.63, 3.8) is 0 Å². The van der Waals surface area contributed by atoms with E-state index in [1.165, 1.54) is 0 Å². The molecule has 0 aromatic carbocycles. The number of carboxylic acid groups (broad SMARTS) is 1. The van der Waals surface area contributed by atoms with E-state index < -0.39 is 5.97 Å². The minimum Gasteiger partial charge on any atom is -0.481 e. The number of carboxylic acids is 1. The zero-order valence-corrected chi connectivity index (χ0v) is 9.53. The molecule has 4 heteroatoms. The standard InChI is InChI=1S/C11H18N2O2/c1-4-9-7-10(13(5-2)12-9)6-8(3)11(14)15/h7-8H,4-6H2,1-3H3,(H,14,15). The van der Waals surface area contributed by atoms with Gasteiger partial charge in [-0.1, -0.05) is 13.8 Å². The lowest BCUT2D eigenvalue weighted by atomic mass is 10.1. The van der Waals surface area contributed by atoms with Gasteiger partial charge in [-0.15, -0.1) is 0 Å². The van der Waals surface area contributed by atoms with Crippen molar-refractivity contribution in [3.8, 4) is 0 Å². The number of rotatable bonds is 5. The van der Waals surface area contributed by atoms with Gasteiger partial charge >= 0.3 is 5.97 Å². The Balaban J connectivity index is 2.83. The van der Waals surface area contributed by atoms with Gasteiger partial charge in [-0.05, 0) is 19.4 Å². The van der Waals surface area contributed by atoms with E-state index in [0.717, 1.165) is 24.4 Å². The maximum absolute atomic E-state index is 10.7. The summed E-state index contributed by atoms with van der Waals surface area (Å²) in [6, 6.07) is 2.00. The van der Waals surface area contributed by atoms with E-state index in [4.69, 9.17) is 5.11 Å². The third-order valence-corrected chi connectivity index (χ3v) is 2.51. The van der Waals surface area contributed by atoms with Gasteiger partial charge < -0.3 is 5.11 Å². The molecule has 0 aliphatic carbocycles. The maximum Gasteiger partial charge on any atom is 0.306 e. The van der Waals surface area contributed by atoms with E-state index in [-0.39, 0.29) is 5.92 Å². The summed E-state index contributed by atoms with van der Waals surface area (Å²) in [7, 11) is 0. The number of carbonyl (C=O) groups is 1. The molecule has 0 saturated heterocycles. The Hall–Kier alpha value is -1.32. The Morgan fingerprint density at radius 2 is 2.27 bits per heavy atom. The van der Waals surface area contributed by atoms with E-state index in [1.807, 2.05) is 24.6 Å². The molecule has 1 N–H and O–H groups in total. The van der Waals surface area contributed by atoms with Crippen molar-refractivity contribution in [1.29, 1.82) is 0 Å². The van der Waals surface area contributed by atoms with Gasteiger partial charge in [0.25, 0.3) is 0 Å². The van der Waals surface area contributed by atoms with Gasteiger partial charge in [0, 0.05) is 18.7 Å². The number of nitrogens with zero attached hydrogens (tertiary/aromatic N) is 2. The number of aromatic nitrogens is 2. The second-order valence-electron chi connectivity index (χ2n) is 3.74. The molecule has 0 saturated carbocycles. The first-order valence-corrected chi connectivity index (χ1v) is 5.36. The number of hydrogen-bond donors (Lipinski definition) is 1. The second kappa shape index (κ2) is 4.96. The van der Waals surface area contributed by atoms with Gasteiger partial charge in [0.15, 0.2) is 0 Å². The van der Waals surface area contributed by atoms with Crippen LogP contribution in [0.25, 0.3) is 0 Å². The Labute approximate surface area is 89.9 Å². The van der Waals surface area contributed by atoms with Gasteiger partial charge in [0.05, 0.1) is 11.6 Å². The average molecular weight is 210 g/mol. The molecule has 0 bridgehead atoms. The van der Waals surface area contributed by atoms with Gasteiger partial charge in [0.2, 0.25) is 0 Å². The molecule has 1 atom stereocenters. The first kappa shape index (κ1) is 11.8. The second-order valence-corrected chi connectivity index (χ2v) is 3.74. The highest BCUT2D eigenvalue weighted by Crippen LogP contribution is 2.11. The first-order chi connectivity index (χ1) is 7.08. The molecule has 4 nitrogen and oxygen atoms in total. The molecule has 1 heterocycles.